The van der Waals surface area contributed by atoms with E-state index >= 15 is 0 Å². The zero-order valence-electron chi connectivity index (χ0n) is 11.0. The van der Waals surface area contributed by atoms with Crippen LogP contribution in [-0.4, -0.2) is 46.2 Å². The van der Waals surface area contributed by atoms with Gasteiger partial charge >= 0.3 is 0 Å². The molecule has 0 aliphatic carbocycles. The number of nitrogens with zero attached hydrogens (tertiary/aromatic N) is 1. The summed E-state index contributed by atoms with van der Waals surface area (Å²) in [7, 11) is 0. The lowest BCUT2D eigenvalue weighted by molar-refractivity contribution is -0.140. The summed E-state index contributed by atoms with van der Waals surface area (Å²) in [6.07, 6.45) is -4.53. The Morgan fingerprint density at radius 1 is 1.40 bits per heavy atom. The molecule has 1 aliphatic heterocycles. The van der Waals surface area contributed by atoms with Gasteiger partial charge in [0.15, 0.2) is 0 Å². The molecular formula is C13H18F2N2O3. The first-order valence-electron chi connectivity index (χ1n) is 6.52. The minimum absolute atomic E-state index is 0.178. The van der Waals surface area contributed by atoms with Crippen molar-refractivity contribution in [1.29, 1.82) is 0 Å². The van der Waals surface area contributed by atoms with Crippen LogP contribution in [0.3, 0.4) is 0 Å². The second kappa shape index (κ2) is 6.43. The summed E-state index contributed by atoms with van der Waals surface area (Å²) in [5, 5.41) is 22.7. The van der Waals surface area contributed by atoms with E-state index in [0.717, 1.165) is 0 Å². The average molecular weight is 288 g/mol. The Labute approximate surface area is 115 Å². The Kier molecular flexibility index (Phi) is 4.85. The van der Waals surface area contributed by atoms with E-state index in [1.165, 1.54) is 18.2 Å². The molecule has 5 nitrogen and oxygen atoms in total. The van der Waals surface area contributed by atoms with Crippen LogP contribution in [0.4, 0.5) is 14.6 Å². The van der Waals surface area contributed by atoms with Crippen molar-refractivity contribution in [3.63, 3.8) is 0 Å². The van der Waals surface area contributed by atoms with Crippen LogP contribution in [0.5, 0.6) is 0 Å². The summed E-state index contributed by atoms with van der Waals surface area (Å²) in [4.78, 5) is 3.76. The first-order chi connectivity index (χ1) is 9.52. The van der Waals surface area contributed by atoms with Gasteiger partial charge in [0.2, 0.25) is 0 Å². The number of aromatic nitrogens is 1. The fourth-order valence-corrected chi connectivity index (χ4v) is 2.21. The molecule has 7 heteroatoms. The molecule has 0 amide bonds. The smallest absolute Gasteiger partial charge is 0.280 e. The summed E-state index contributed by atoms with van der Waals surface area (Å²) >= 11 is 0. The van der Waals surface area contributed by atoms with Gasteiger partial charge in [-0.05, 0) is 18.6 Å². The minimum Gasteiger partial charge on any atom is -0.388 e. The number of pyridine rings is 1. The first kappa shape index (κ1) is 15.1. The second-order valence-corrected chi connectivity index (χ2v) is 4.76. The van der Waals surface area contributed by atoms with Gasteiger partial charge in [-0.1, -0.05) is 13.0 Å². The molecule has 1 aromatic rings. The minimum atomic E-state index is -2.65. The van der Waals surface area contributed by atoms with E-state index in [-0.39, 0.29) is 18.1 Å². The van der Waals surface area contributed by atoms with Gasteiger partial charge in [-0.2, -0.15) is 0 Å². The van der Waals surface area contributed by atoms with Crippen LogP contribution in [0.1, 0.15) is 25.5 Å². The molecule has 0 spiro atoms. The molecule has 0 radical (unpaired) electrons. The Morgan fingerprint density at radius 2 is 2.15 bits per heavy atom. The number of rotatable bonds is 4. The van der Waals surface area contributed by atoms with Crippen molar-refractivity contribution >= 4 is 5.82 Å². The fourth-order valence-electron chi connectivity index (χ4n) is 2.21. The predicted molar refractivity (Wildman–Crippen MR) is 68.6 cm³/mol. The summed E-state index contributed by atoms with van der Waals surface area (Å²) in [5.41, 5.74) is -0.340. The van der Waals surface area contributed by atoms with Crippen LogP contribution in [0.25, 0.3) is 0 Å². The number of anilines is 1. The quantitative estimate of drug-likeness (QED) is 0.779. The Bertz CT molecular complexity index is 447. The van der Waals surface area contributed by atoms with Crippen LogP contribution in [0.15, 0.2) is 18.2 Å². The number of aliphatic hydroxyl groups excluding tert-OH is 2. The highest BCUT2D eigenvalue weighted by atomic mass is 19.3. The van der Waals surface area contributed by atoms with E-state index in [1.807, 2.05) is 6.92 Å². The molecule has 3 N–H and O–H groups in total. The van der Waals surface area contributed by atoms with Crippen LogP contribution in [0, 0.1) is 0 Å². The van der Waals surface area contributed by atoms with Crippen molar-refractivity contribution in [2.45, 2.75) is 44.1 Å². The van der Waals surface area contributed by atoms with Gasteiger partial charge in [-0.15, -0.1) is 0 Å². The second-order valence-electron chi connectivity index (χ2n) is 4.76. The Balaban J connectivity index is 2.05. The highest BCUT2D eigenvalue weighted by Crippen LogP contribution is 2.22. The molecular weight excluding hydrogens is 270 g/mol. The third-order valence-electron chi connectivity index (χ3n) is 3.36. The first-order valence-corrected chi connectivity index (χ1v) is 6.52. The molecule has 2 rings (SSSR count). The Morgan fingerprint density at radius 3 is 2.80 bits per heavy atom. The molecule has 1 fully saturated rings. The predicted octanol–water partition coefficient (Wildman–Crippen LogP) is 1.33. The molecule has 1 saturated heterocycles. The summed E-state index contributed by atoms with van der Waals surface area (Å²) in [6.45, 7) is 2.03. The zero-order valence-corrected chi connectivity index (χ0v) is 11.0. The van der Waals surface area contributed by atoms with E-state index in [9.17, 15) is 19.0 Å². The van der Waals surface area contributed by atoms with Gasteiger partial charge in [-0.3, -0.25) is 0 Å². The largest absolute Gasteiger partial charge is 0.388 e. The molecule has 0 aromatic carbocycles. The van der Waals surface area contributed by atoms with Crippen molar-refractivity contribution in [3.8, 4) is 0 Å². The highest BCUT2D eigenvalue weighted by Gasteiger charge is 2.37. The van der Waals surface area contributed by atoms with Crippen molar-refractivity contribution in [1.82, 2.24) is 4.98 Å². The van der Waals surface area contributed by atoms with Gasteiger partial charge in [0.25, 0.3) is 6.43 Å². The third-order valence-corrected chi connectivity index (χ3v) is 3.36. The van der Waals surface area contributed by atoms with Crippen LogP contribution in [0.2, 0.25) is 0 Å². The molecule has 4 atom stereocenters. The van der Waals surface area contributed by atoms with Crippen molar-refractivity contribution < 1.29 is 23.7 Å². The van der Waals surface area contributed by atoms with E-state index in [0.29, 0.717) is 6.42 Å². The van der Waals surface area contributed by atoms with Crippen molar-refractivity contribution in [2.75, 3.05) is 11.9 Å². The van der Waals surface area contributed by atoms with Gasteiger partial charge in [0.1, 0.15) is 23.7 Å². The van der Waals surface area contributed by atoms with E-state index in [2.05, 4.69) is 10.3 Å². The molecule has 0 unspecified atom stereocenters. The van der Waals surface area contributed by atoms with Crippen LogP contribution in [-0.2, 0) is 4.74 Å². The van der Waals surface area contributed by atoms with E-state index in [1.54, 1.807) is 0 Å². The van der Waals surface area contributed by atoms with Crippen LogP contribution >= 0.6 is 0 Å². The topological polar surface area (TPSA) is 74.6 Å². The van der Waals surface area contributed by atoms with Gasteiger partial charge in [0, 0.05) is 0 Å². The number of ether oxygens (including phenoxy) is 1. The summed E-state index contributed by atoms with van der Waals surface area (Å²) in [6, 6.07) is 3.62. The lowest BCUT2D eigenvalue weighted by Gasteiger charge is -2.37. The molecule has 112 valence electrons. The number of halogens is 2. The van der Waals surface area contributed by atoms with Gasteiger partial charge in [-0.25, -0.2) is 13.8 Å². The molecule has 2 heterocycles. The lowest BCUT2D eigenvalue weighted by Crippen LogP contribution is -2.55. The highest BCUT2D eigenvalue weighted by molar-refractivity contribution is 5.37. The monoisotopic (exact) mass is 288 g/mol. The number of aliphatic hydroxyl groups is 2. The average Bonchev–Trinajstić information content (AvgIpc) is 2.44. The lowest BCUT2D eigenvalue weighted by atomic mass is 9.96. The van der Waals surface area contributed by atoms with E-state index in [4.69, 9.17) is 4.74 Å². The number of alkyl halides is 2. The van der Waals surface area contributed by atoms with Crippen LogP contribution < -0.4 is 5.32 Å². The van der Waals surface area contributed by atoms with Gasteiger partial charge < -0.3 is 20.3 Å². The standard InChI is InChI=1S/C13H18F2N2O3/c1-2-9-12(19)11(18)8(6-20-9)17-10-5-3-4-7(16-10)13(14)15/h3-5,8-9,11-13,18-19H,2,6H2,1H3,(H,16,17)/t8-,9+,11+,12-/m0/s1. The molecule has 20 heavy (non-hydrogen) atoms. The molecule has 1 aromatic heterocycles. The van der Waals surface area contributed by atoms with Crippen molar-refractivity contribution in [3.05, 3.63) is 23.9 Å². The number of hydrogen-bond donors (Lipinski definition) is 3. The van der Waals surface area contributed by atoms with Gasteiger partial charge in [0.05, 0.1) is 18.8 Å². The molecule has 0 saturated carbocycles. The van der Waals surface area contributed by atoms with Crippen molar-refractivity contribution in [2.24, 2.45) is 0 Å². The maximum Gasteiger partial charge on any atom is 0.280 e. The normalized spacial score (nSPS) is 30.5. The summed E-state index contributed by atoms with van der Waals surface area (Å²) < 4.78 is 30.5. The maximum absolute atomic E-state index is 12.6. The number of hydrogen-bond acceptors (Lipinski definition) is 5. The Hall–Kier alpha value is -1.31. The fraction of sp³-hybridized carbons (Fsp3) is 0.615. The zero-order chi connectivity index (χ0) is 14.7. The maximum atomic E-state index is 12.6. The third kappa shape index (κ3) is 3.23. The summed E-state index contributed by atoms with van der Waals surface area (Å²) in [5.74, 6) is 0.220. The number of nitrogens with one attached hydrogen (secondary N) is 1. The molecule has 0 bridgehead atoms. The molecule has 1 aliphatic rings. The SMILES string of the molecule is CC[C@H]1OC[C@H](Nc2cccc(C(F)F)n2)[C@@H](O)[C@H]1O. The van der Waals surface area contributed by atoms with E-state index < -0.39 is 30.8 Å².